The quantitative estimate of drug-likeness (QED) is 0.0540. The van der Waals surface area contributed by atoms with Gasteiger partial charge in [0.1, 0.15) is 0 Å². The number of rotatable bonds is 51. The third kappa shape index (κ3) is 88.1. The summed E-state index contributed by atoms with van der Waals surface area (Å²) in [6.07, 6.45) is 41.2. The van der Waals surface area contributed by atoms with E-state index >= 15 is 0 Å². The van der Waals surface area contributed by atoms with E-state index in [9.17, 15) is 19.8 Å². The first-order valence-corrected chi connectivity index (χ1v) is 61.6. The number of hydrogen-bond donors (Lipinski definition) is 2. The summed E-state index contributed by atoms with van der Waals surface area (Å²) in [5, 5.41) is 18.9. The van der Waals surface area contributed by atoms with Gasteiger partial charge in [-0.15, -0.1) is 0 Å². The van der Waals surface area contributed by atoms with Gasteiger partial charge in [0.15, 0.2) is 0 Å². The molecule has 11 fully saturated rings. The minimum absolute atomic E-state index is 0.0261. The topological polar surface area (TPSA) is 221 Å². The van der Waals surface area contributed by atoms with Crippen molar-refractivity contribution in [1.82, 2.24) is 68.6 Å². The van der Waals surface area contributed by atoms with Crippen LogP contribution in [0.2, 0.25) is 0 Å². The maximum Gasteiger partial charge on any atom is 0.409 e. The molecule has 0 aromatic carbocycles. The maximum absolute atomic E-state index is 11.5. The summed E-state index contributed by atoms with van der Waals surface area (Å²) in [5.74, 6) is 0. The number of hydrogen-bond acceptors (Lipinski definition) is 27. The van der Waals surface area contributed by atoms with Gasteiger partial charge in [-0.1, -0.05) is 45.4 Å². The number of aliphatic hydroxyl groups excluding tert-OH is 2. The fraction of sp³-hybridized carbons (Fsp3) is 0.983. The molecule has 1 aliphatic carbocycles. The minimum atomic E-state index is -0.234. The Hall–Kier alpha value is -2.38. The lowest BCUT2D eigenvalue weighted by molar-refractivity contribution is -0.0732. The molecule has 11 aliphatic rings. The van der Waals surface area contributed by atoms with E-state index in [-0.39, 0.29) is 36.6 Å². The normalized spacial score (nSPS) is 20.3. The van der Waals surface area contributed by atoms with Gasteiger partial charge in [0.25, 0.3) is 0 Å². The molecule has 0 aromatic rings. The third-order valence-corrected chi connectivity index (χ3v) is 28.3. The summed E-state index contributed by atoms with van der Waals surface area (Å²) in [4.78, 5) is 55.6. The van der Waals surface area contributed by atoms with E-state index in [1.807, 2.05) is 34.6 Å². The van der Waals surface area contributed by atoms with E-state index in [1.165, 1.54) is 305 Å². The zero-order valence-electron chi connectivity index (χ0n) is 103. The molecule has 1 spiro atoms. The van der Waals surface area contributed by atoms with Crippen LogP contribution in [0, 0.1) is 5.41 Å². The van der Waals surface area contributed by atoms with Crippen LogP contribution in [-0.2, 0) is 52.1 Å². The van der Waals surface area contributed by atoms with Crippen molar-refractivity contribution >= 4 is 12.2 Å². The van der Waals surface area contributed by atoms with Crippen LogP contribution in [0.4, 0.5) is 9.59 Å². The number of amides is 2. The predicted molar refractivity (Wildman–Crippen MR) is 626 cm³/mol. The smallest absolute Gasteiger partial charge is 0.409 e. The Kier molecular flexibility index (Phi) is 91.6. The Morgan fingerprint density at radius 1 is 0.268 bits per heavy atom. The predicted octanol–water partition coefficient (Wildman–Crippen LogP) is 19.9. The van der Waals surface area contributed by atoms with Crippen molar-refractivity contribution in [3.8, 4) is 0 Å². The van der Waals surface area contributed by atoms with Crippen LogP contribution in [0.15, 0.2) is 0 Å². The highest BCUT2D eigenvalue weighted by atomic mass is 16.6. The molecule has 10 aliphatic heterocycles. The van der Waals surface area contributed by atoms with Gasteiger partial charge >= 0.3 is 12.2 Å². The SMILES string of the molecule is CC(C)OC(=O)N(C)CCN1CCCCC1.CC(C)OCCCCN1CCCCC1.CC(C)OCCCN1CCCC(O)C1.CC(C)OCCCN1CCCCC1.CC(C)OCCCN1CCCCC1.CC(C)OCCCN1CCC[C@H](O)C1.CC(C)OCCCN1CCN(C(C)C)CC1.CC(C)OCCN1CC2(CCC2)C1.CC(C)OCCN1CCCCC1.CC(C)OCCN1CCN(C)CC1.CCCN(C)C(=O)OC(C)C. The molecule has 0 radical (unpaired) electrons. The molecular formula is C120H250N14O15. The zero-order valence-corrected chi connectivity index (χ0v) is 103. The Balaban J connectivity index is 0.000000821. The van der Waals surface area contributed by atoms with Crippen molar-refractivity contribution < 1.29 is 71.9 Å². The molecular weight excluding hydrogens is 1880 g/mol. The highest BCUT2D eigenvalue weighted by Crippen LogP contribution is 2.48. The zero-order chi connectivity index (χ0) is 111. The van der Waals surface area contributed by atoms with Gasteiger partial charge in [0, 0.05) is 210 Å². The second kappa shape index (κ2) is 94.4. The van der Waals surface area contributed by atoms with Gasteiger partial charge < -0.3 is 116 Å². The van der Waals surface area contributed by atoms with Crippen LogP contribution in [0.5, 0.6) is 0 Å². The van der Waals surface area contributed by atoms with Gasteiger partial charge in [0.05, 0.1) is 99.2 Å². The van der Waals surface area contributed by atoms with Crippen LogP contribution < -0.4 is 0 Å². The van der Waals surface area contributed by atoms with Gasteiger partial charge in [-0.2, -0.15) is 0 Å². The van der Waals surface area contributed by atoms with Crippen molar-refractivity contribution in [2.75, 3.05) is 316 Å². The number of unbranched alkanes of at least 4 members (excludes halogenated alkanes) is 1. The number of carbonyl (C=O) groups is 2. The van der Waals surface area contributed by atoms with E-state index in [0.29, 0.717) is 61.0 Å². The minimum Gasteiger partial charge on any atom is -0.447 e. The molecule has 2 N–H and O–H groups in total. The second-order valence-corrected chi connectivity index (χ2v) is 47.3. The van der Waals surface area contributed by atoms with E-state index < -0.39 is 0 Å². The van der Waals surface area contributed by atoms with Crippen molar-refractivity contribution in [3.05, 3.63) is 0 Å². The fourth-order valence-electron chi connectivity index (χ4n) is 19.4. The van der Waals surface area contributed by atoms with E-state index in [0.717, 1.165) is 188 Å². The van der Waals surface area contributed by atoms with E-state index in [4.69, 9.17) is 52.1 Å². The number of likely N-dealkylation sites (tertiary alicyclic amines) is 8. The lowest BCUT2D eigenvalue weighted by Gasteiger charge is -2.56. The summed E-state index contributed by atoms with van der Waals surface area (Å²) >= 11 is 0. The van der Waals surface area contributed by atoms with Gasteiger partial charge in [-0.3, -0.25) is 14.7 Å². The van der Waals surface area contributed by atoms with Gasteiger partial charge in [-0.05, 0) is 418 Å². The average molecular weight is 2130 g/mol. The molecule has 1 saturated carbocycles. The molecule has 2 atom stereocenters. The van der Waals surface area contributed by atoms with E-state index in [2.05, 4.69) is 204 Å². The molecule has 2 amide bonds. The molecule has 10 heterocycles. The van der Waals surface area contributed by atoms with Crippen LogP contribution >= 0.6 is 0 Å². The Morgan fingerprint density at radius 3 is 0.799 bits per heavy atom. The van der Waals surface area contributed by atoms with Crippen molar-refractivity contribution in [1.29, 1.82) is 0 Å². The lowest BCUT2D eigenvalue weighted by atomic mass is 9.63. The van der Waals surface area contributed by atoms with Crippen molar-refractivity contribution in [2.45, 2.75) is 451 Å². The number of nitrogens with zero attached hydrogens (tertiary/aromatic N) is 14. The third-order valence-electron chi connectivity index (χ3n) is 28.3. The van der Waals surface area contributed by atoms with Crippen LogP contribution in [0.1, 0.15) is 366 Å². The number of carbonyl (C=O) groups excluding carboxylic acids is 2. The Bertz CT molecular complexity index is 2820. The van der Waals surface area contributed by atoms with Gasteiger partial charge in [-0.25, -0.2) is 9.59 Å². The number of β-amino-alcohol motifs (C(OH)–C–C–N with tert-alkyl or cyclic N) is 2. The largest absolute Gasteiger partial charge is 0.447 e. The molecule has 29 heteroatoms. The molecule has 890 valence electrons. The number of piperazine rings is 2. The number of likely N-dealkylation sites (N-methyl/N-ethyl adjacent to an activating group) is 2. The number of piperidine rings is 7. The summed E-state index contributed by atoms with van der Waals surface area (Å²) < 4.78 is 59.6. The monoisotopic (exact) mass is 2130 g/mol. The molecule has 1 unspecified atom stereocenters. The molecule has 149 heavy (non-hydrogen) atoms. The van der Waals surface area contributed by atoms with Crippen LogP contribution in [0.3, 0.4) is 0 Å². The first kappa shape index (κ1) is 145. The molecule has 11 rings (SSSR count). The molecule has 0 bridgehead atoms. The highest BCUT2D eigenvalue weighted by molar-refractivity contribution is 5.67. The Labute approximate surface area is 920 Å². The highest BCUT2D eigenvalue weighted by Gasteiger charge is 2.46. The molecule has 10 saturated heterocycles. The molecule has 29 nitrogen and oxygen atoms in total. The lowest BCUT2D eigenvalue weighted by Crippen LogP contribution is -2.60. The summed E-state index contributed by atoms with van der Waals surface area (Å²) in [7, 11) is 5.73. The average Bonchev–Trinajstić information content (AvgIpc) is 0.762. The fourth-order valence-corrected chi connectivity index (χ4v) is 19.4. The summed E-state index contributed by atoms with van der Waals surface area (Å²) in [5.41, 5.74) is 0.776. The summed E-state index contributed by atoms with van der Waals surface area (Å²) in [6.45, 7) is 102. The van der Waals surface area contributed by atoms with Crippen LogP contribution in [0.25, 0.3) is 0 Å². The van der Waals surface area contributed by atoms with Gasteiger partial charge in [0.2, 0.25) is 0 Å². The first-order chi connectivity index (χ1) is 71.2. The Morgan fingerprint density at radius 2 is 0.517 bits per heavy atom. The van der Waals surface area contributed by atoms with Crippen molar-refractivity contribution in [2.24, 2.45) is 5.41 Å². The molecule has 0 aromatic heterocycles. The van der Waals surface area contributed by atoms with E-state index in [1.54, 1.807) is 23.9 Å². The maximum atomic E-state index is 11.5. The summed E-state index contributed by atoms with van der Waals surface area (Å²) in [6, 6.07) is 0.700. The number of ether oxygens (including phenoxy) is 11. The second-order valence-electron chi connectivity index (χ2n) is 47.3. The number of aliphatic hydroxyl groups is 2. The van der Waals surface area contributed by atoms with Crippen LogP contribution in [-0.4, -0.2) is 493 Å². The van der Waals surface area contributed by atoms with Crippen molar-refractivity contribution in [3.63, 3.8) is 0 Å². The first-order valence-electron chi connectivity index (χ1n) is 61.6. The standard InChI is InChI=1S/C13H28N2O.C12H24N2O2.C12H25NO.2C11H23NO2.C11H21NO.2C11H23NO.C10H22N2O.C10H21NO.C8H17NO2/c1-12(2)15-9-7-14(8-10-15)6-5-11-16-13(3)4;1-11(2)16-12(15)13(3)9-10-14-7-5-4-6-8-14;1-12(2)14-11-7-6-10-13-8-4-3-5-9-13;2*1-10(2)14-8-4-7-12-6-3-5-11(13)9-12;1-10(2)13-7-6-12-8-11(9-12)4-3-5-11;2*1-11(2)13-10-6-9-12-7-4-3-5-8-12;1-10(2)13-9-8-12-6-4-11(3)5-7-12;1-10(2)12-9-8-11-6-4-3-5-7-11;1-5-6-9(4)8(10)11-7(2)3/h12-13H,5-11H2,1-4H3;11H,4-10H2,1-3H3;12H,3-11H2,1-2H3;2*10-11,13H,3-9H2,1-2H3;10H,3-9H2,1-2H3;2*11H,3-10H2,1-2H3;10H,4-9H2,1-3H3;10H,3-9H2,1-2H3;7H,5-6H2,1-4H3/t;;;11-;;;;;;;/m...0......./s1.